The quantitative estimate of drug-likeness (QED) is 0.578. The van der Waals surface area contributed by atoms with Gasteiger partial charge in [-0.1, -0.05) is 24.3 Å². The number of nitrogens with two attached hydrogens (primary N) is 1. The van der Waals surface area contributed by atoms with Crippen LogP contribution in [0.5, 0.6) is 0 Å². The maximum atomic E-state index is 6.18. The smallest absolute Gasteiger partial charge is 0.0642 e. The molecule has 0 amide bonds. The van der Waals surface area contributed by atoms with Gasteiger partial charge >= 0.3 is 0 Å². The number of hydrogen-bond donors (Lipinski definition) is 2. The fraction of sp³-hybridized carbons (Fsp3) is 0.500. The molecule has 0 spiro atoms. The Morgan fingerprint density at radius 1 is 1.43 bits per heavy atom. The summed E-state index contributed by atoms with van der Waals surface area (Å²) in [6.45, 7) is 11.0. The average molecular weight is 285 g/mol. The van der Waals surface area contributed by atoms with Crippen molar-refractivity contribution in [3.05, 3.63) is 46.8 Å². The molecule has 0 aromatic rings. The predicted molar refractivity (Wildman–Crippen MR) is 91.2 cm³/mol. The minimum Gasteiger partial charge on any atom is -0.397 e. The number of nitrogens with zero attached hydrogens (tertiary/aromatic N) is 1. The molecule has 0 radical (unpaired) electrons. The minimum absolute atomic E-state index is 0.571. The molecule has 3 nitrogen and oxygen atoms in total. The van der Waals surface area contributed by atoms with Gasteiger partial charge in [0.15, 0.2) is 0 Å². The van der Waals surface area contributed by atoms with Gasteiger partial charge < -0.3 is 11.1 Å². The summed E-state index contributed by atoms with van der Waals surface area (Å²) in [5.74, 6) is 0. The van der Waals surface area contributed by atoms with E-state index in [-0.39, 0.29) is 0 Å². The van der Waals surface area contributed by atoms with Crippen molar-refractivity contribution >= 4 is 5.71 Å². The highest BCUT2D eigenvalue weighted by Gasteiger charge is 2.22. The van der Waals surface area contributed by atoms with E-state index in [0.717, 1.165) is 42.1 Å². The molecule has 2 aliphatic rings. The summed E-state index contributed by atoms with van der Waals surface area (Å²) < 4.78 is 0. The Kier molecular flexibility index (Phi) is 5.05. The van der Waals surface area contributed by atoms with E-state index >= 15 is 0 Å². The van der Waals surface area contributed by atoms with E-state index in [0.29, 0.717) is 6.04 Å². The first-order chi connectivity index (χ1) is 9.99. The molecule has 3 heteroatoms. The maximum Gasteiger partial charge on any atom is 0.0642 e. The monoisotopic (exact) mass is 285 g/mol. The number of rotatable bonds is 6. The minimum atomic E-state index is 0.571. The Labute approximate surface area is 128 Å². The van der Waals surface area contributed by atoms with Gasteiger partial charge in [-0.25, -0.2) is 0 Å². The molecule has 0 aliphatic heterocycles. The third-order valence-corrected chi connectivity index (χ3v) is 4.27. The molecular formula is C18H27N3. The van der Waals surface area contributed by atoms with Crippen LogP contribution in [-0.2, 0) is 0 Å². The molecule has 0 heterocycles. The fourth-order valence-electron chi connectivity index (χ4n) is 2.31. The summed E-state index contributed by atoms with van der Waals surface area (Å²) in [4.78, 5) is 4.70. The van der Waals surface area contributed by atoms with E-state index in [1.165, 1.54) is 24.0 Å². The molecule has 3 N–H and O–H groups in total. The van der Waals surface area contributed by atoms with Gasteiger partial charge in [0.25, 0.3) is 0 Å². The lowest BCUT2D eigenvalue weighted by Gasteiger charge is -2.14. The topological polar surface area (TPSA) is 50.4 Å². The van der Waals surface area contributed by atoms with Crippen LogP contribution in [-0.4, -0.2) is 18.3 Å². The van der Waals surface area contributed by atoms with Gasteiger partial charge in [0.05, 0.1) is 17.9 Å². The molecule has 1 fully saturated rings. The van der Waals surface area contributed by atoms with Gasteiger partial charge in [0.1, 0.15) is 0 Å². The summed E-state index contributed by atoms with van der Waals surface area (Å²) in [5.41, 5.74) is 12.5. The van der Waals surface area contributed by atoms with Crippen molar-refractivity contribution < 1.29 is 0 Å². The van der Waals surface area contributed by atoms with Crippen molar-refractivity contribution in [1.82, 2.24) is 5.32 Å². The summed E-state index contributed by atoms with van der Waals surface area (Å²) >= 11 is 0. The predicted octanol–water partition coefficient (Wildman–Crippen LogP) is 3.61. The van der Waals surface area contributed by atoms with Crippen LogP contribution in [0.1, 0.15) is 46.5 Å². The lowest BCUT2D eigenvalue weighted by Crippen LogP contribution is -2.22. The molecule has 2 aliphatic carbocycles. The SMILES string of the molecule is C=C(NC1CC1)C(N)=C(C)C(C)=NCC1=C(C)CCC=C1. The highest BCUT2D eigenvalue weighted by molar-refractivity contribution is 5.98. The number of nitrogens with one attached hydrogen (secondary N) is 1. The van der Waals surface area contributed by atoms with Crippen molar-refractivity contribution in [3.8, 4) is 0 Å². The van der Waals surface area contributed by atoms with Gasteiger partial charge in [-0.3, -0.25) is 4.99 Å². The van der Waals surface area contributed by atoms with E-state index in [2.05, 4.69) is 31.0 Å². The second kappa shape index (κ2) is 6.79. The molecular weight excluding hydrogens is 258 g/mol. The first-order valence-electron chi connectivity index (χ1n) is 7.77. The summed E-state index contributed by atoms with van der Waals surface area (Å²) in [6.07, 6.45) is 9.17. The van der Waals surface area contributed by atoms with Crippen LogP contribution in [0.15, 0.2) is 51.8 Å². The summed E-state index contributed by atoms with van der Waals surface area (Å²) in [6, 6.07) is 0.571. The Bertz CT molecular complexity index is 543. The van der Waals surface area contributed by atoms with Gasteiger partial charge in [-0.05, 0) is 57.6 Å². The van der Waals surface area contributed by atoms with Gasteiger partial charge in [0, 0.05) is 11.8 Å². The second-order valence-electron chi connectivity index (χ2n) is 6.08. The Morgan fingerprint density at radius 2 is 2.14 bits per heavy atom. The summed E-state index contributed by atoms with van der Waals surface area (Å²) in [5, 5.41) is 3.35. The zero-order chi connectivity index (χ0) is 15.4. The standard InChI is InChI=1S/C18H27N3/c1-12-7-5-6-8-16(12)11-20-14(3)13(2)18(19)15(4)21-17-9-10-17/h6,8,17,21H,4-5,7,9-11,19H2,1-3H3. The average Bonchev–Trinajstić information content (AvgIpc) is 3.28. The van der Waals surface area contributed by atoms with E-state index in [1.54, 1.807) is 0 Å². The molecule has 21 heavy (non-hydrogen) atoms. The molecule has 0 atom stereocenters. The fourth-order valence-corrected chi connectivity index (χ4v) is 2.31. The molecule has 0 unspecified atom stereocenters. The molecule has 114 valence electrons. The third kappa shape index (κ3) is 4.35. The lowest BCUT2D eigenvalue weighted by molar-refractivity contribution is 0.811. The van der Waals surface area contributed by atoms with Crippen LogP contribution >= 0.6 is 0 Å². The van der Waals surface area contributed by atoms with Crippen molar-refractivity contribution in [2.45, 2.75) is 52.5 Å². The zero-order valence-corrected chi connectivity index (χ0v) is 13.5. The Balaban J connectivity index is 2.02. The van der Waals surface area contributed by atoms with Gasteiger partial charge in [-0.15, -0.1) is 0 Å². The highest BCUT2D eigenvalue weighted by atomic mass is 15.0. The number of allylic oxidation sites excluding steroid dienone is 3. The van der Waals surface area contributed by atoms with Crippen LogP contribution in [0.2, 0.25) is 0 Å². The first-order valence-corrected chi connectivity index (χ1v) is 7.77. The Morgan fingerprint density at radius 3 is 2.76 bits per heavy atom. The second-order valence-corrected chi connectivity index (χ2v) is 6.08. The highest BCUT2D eigenvalue weighted by Crippen LogP contribution is 2.22. The van der Waals surface area contributed by atoms with E-state index < -0.39 is 0 Å². The summed E-state index contributed by atoms with van der Waals surface area (Å²) in [7, 11) is 0. The number of aliphatic imine (C=N–C) groups is 1. The maximum absolute atomic E-state index is 6.18. The van der Waals surface area contributed by atoms with Crippen LogP contribution in [0, 0.1) is 0 Å². The van der Waals surface area contributed by atoms with Crippen LogP contribution in [0.3, 0.4) is 0 Å². The van der Waals surface area contributed by atoms with E-state index in [4.69, 9.17) is 10.7 Å². The Hall–Kier alpha value is -1.77. The van der Waals surface area contributed by atoms with Crippen LogP contribution in [0.25, 0.3) is 0 Å². The van der Waals surface area contributed by atoms with Crippen LogP contribution < -0.4 is 11.1 Å². The molecule has 0 saturated heterocycles. The first kappa shape index (κ1) is 15.6. The normalized spacial score (nSPS) is 20.4. The van der Waals surface area contributed by atoms with Crippen molar-refractivity contribution in [2.24, 2.45) is 10.7 Å². The number of hydrogen-bond acceptors (Lipinski definition) is 3. The molecule has 0 bridgehead atoms. The molecule has 2 rings (SSSR count). The van der Waals surface area contributed by atoms with Crippen LogP contribution in [0.4, 0.5) is 0 Å². The van der Waals surface area contributed by atoms with Gasteiger partial charge in [-0.2, -0.15) is 0 Å². The van der Waals surface area contributed by atoms with Gasteiger partial charge in [0.2, 0.25) is 0 Å². The molecule has 0 aromatic heterocycles. The largest absolute Gasteiger partial charge is 0.397 e. The lowest BCUT2D eigenvalue weighted by atomic mass is 9.99. The van der Waals surface area contributed by atoms with E-state index in [9.17, 15) is 0 Å². The van der Waals surface area contributed by atoms with Crippen molar-refractivity contribution in [3.63, 3.8) is 0 Å². The zero-order valence-electron chi connectivity index (χ0n) is 13.5. The van der Waals surface area contributed by atoms with Crippen molar-refractivity contribution in [1.29, 1.82) is 0 Å². The third-order valence-electron chi connectivity index (χ3n) is 4.27. The molecule has 1 saturated carbocycles. The van der Waals surface area contributed by atoms with E-state index in [1.807, 2.05) is 13.8 Å². The van der Waals surface area contributed by atoms with Crippen molar-refractivity contribution in [2.75, 3.05) is 6.54 Å². The molecule has 0 aromatic carbocycles.